The summed E-state index contributed by atoms with van der Waals surface area (Å²) in [7, 11) is 1.63. The molecule has 0 bridgehead atoms. The Balaban J connectivity index is 1.77. The lowest BCUT2D eigenvalue weighted by Crippen LogP contribution is -2.35. The lowest BCUT2D eigenvalue weighted by molar-refractivity contribution is -0.133. The average Bonchev–Trinajstić information content (AvgIpc) is 3.01. The first-order valence-electron chi connectivity index (χ1n) is 6.68. The van der Waals surface area contributed by atoms with Crippen molar-refractivity contribution in [3.8, 4) is 0 Å². The molecule has 0 radical (unpaired) electrons. The number of likely N-dealkylation sites (N-methyl/N-ethyl adjacent to an activating group) is 1. The van der Waals surface area contributed by atoms with E-state index in [-0.39, 0.29) is 18.4 Å². The van der Waals surface area contributed by atoms with Crippen LogP contribution in [-0.2, 0) is 9.59 Å². The van der Waals surface area contributed by atoms with E-state index in [1.54, 1.807) is 20.0 Å². The highest BCUT2D eigenvalue weighted by Gasteiger charge is 2.19. The molecular formula is C14H19N3O3. The molecule has 6 heteroatoms. The molecule has 0 fully saturated rings. The van der Waals surface area contributed by atoms with Crippen molar-refractivity contribution >= 4 is 17.6 Å². The van der Waals surface area contributed by atoms with Gasteiger partial charge >= 0.3 is 0 Å². The summed E-state index contributed by atoms with van der Waals surface area (Å²) in [6.07, 6.45) is 6.68. The number of rotatable bonds is 5. The van der Waals surface area contributed by atoms with Crippen LogP contribution in [0.3, 0.4) is 0 Å². The first-order chi connectivity index (χ1) is 9.54. The van der Waals surface area contributed by atoms with Crippen molar-refractivity contribution in [3.05, 3.63) is 24.0 Å². The fourth-order valence-electron chi connectivity index (χ4n) is 2.16. The third-order valence-electron chi connectivity index (χ3n) is 3.25. The lowest BCUT2D eigenvalue weighted by Gasteiger charge is -2.18. The van der Waals surface area contributed by atoms with Crippen molar-refractivity contribution in [2.45, 2.75) is 26.2 Å². The first kappa shape index (κ1) is 14.3. The van der Waals surface area contributed by atoms with Gasteiger partial charge in [0.2, 0.25) is 11.8 Å². The zero-order chi connectivity index (χ0) is 14.5. The fraction of sp³-hybridized carbons (Fsp3) is 0.500. The molecule has 1 aromatic heterocycles. The van der Waals surface area contributed by atoms with Gasteiger partial charge in [0.05, 0.1) is 6.54 Å². The number of aryl methyl sites for hydroxylation is 1. The van der Waals surface area contributed by atoms with Crippen molar-refractivity contribution in [2.75, 3.05) is 18.9 Å². The third-order valence-corrected chi connectivity index (χ3v) is 3.25. The van der Waals surface area contributed by atoms with Crippen LogP contribution in [0.4, 0.5) is 5.82 Å². The second-order valence-electron chi connectivity index (χ2n) is 5.09. The SMILES string of the molecule is Cc1cc(NC(=O)CN(C)C(=O)CC2C=CCC2)no1. The topological polar surface area (TPSA) is 75.4 Å². The summed E-state index contributed by atoms with van der Waals surface area (Å²) in [5.41, 5.74) is 0. The molecule has 0 saturated heterocycles. The molecule has 0 aliphatic heterocycles. The molecule has 2 rings (SSSR count). The minimum Gasteiger partial charge on any atom is -0.360 e. The maximum atomic E-state index is 12.0. The highest BCUT2D eigenvalue weighted by molar-refractivity contribution is 5.93. The van der Waals surface area contributed by atoms with E-state index in [0.29, 0.717) is 23.9 Å². The molecule has 1 N–H and O–H groups in total. The Morgan fingerprint density at radius 1 is 1.55 bits per heavy atom. The second-order valence-corrected chi connectivity index (χ2v) is 5.09. The van der Waals surface area contributed by atoms with Crippen molar-refractivity contribution in [3.63, 3.8) is 0 Å². The Hall–Kier alpha value is -2.11. The Kier molecular flexibility index (Phi) is 4.55. The van der Waals surface area contributed by atoms with Crippen LogP contribution >= 0.6 is 0 Å². The molecule has 6 nitrogen and oxygen atoms in total. The molecule has 1 aliphatic carbocycles. The molecule has 0 aromatic carbocycles. The molecule has 1 aliphatic rings. The number of anilines is 1. The quantitative estimate of drug-likeness (QED) is 0.832. The normalized spacial score (nSPS) is 17.2. The Bertz CT molecular complexity index is 521. The van der Waals surface area contributed by atoms with Crippen LogP contribution in [0.2, 0.25) is 0 Å². The van der Waals surface area contributed by atoms with Crippen LogP contribution in [-0.4, -0.2) is 35.5 Å². The summed E-state index contributed by atoms with van der Waals surface area (Å²) < 4.78 is 4.85. The molecule has 0 saturated carbocycles. The lowest BCUT2D eigenvalue weighted by atomic mass is 10.0. The summed E-state index contributed by atoms with van der Waals surface area (Å²) in [5, 5.41) is 6.26. The second kappa shape index (κ2) is 6.36. The molecule has 20 heavy (non-hydrogen) atoms. The Labute approximate surface area is 117 Å². The van der Waals surface area contributed by atoms with Crippen LogP contribution in [0.5, 0.6) is 0 Å². The number of hydrogen-bond donors (Lipinski definition) is 1. The molecular weight excluding hydrogens is 258 g/mol. The molecule has 1 atom stereocenters. The summed E-state index contributed by atoms with van der Waals surface area (Å²) in [5.74, 6) is 1.00. The van der Waals surface area contributed by atoms with Gasteiger partial charge in [0, 0.05) is 19.5 Å². The summed E-state index contributed by atoms with van der Waals surface area (Å²) in [6, 6.07) is 1.63. The molecule has 1 unspecified atom stereocenters. The van der Waals surface area contributed by atoms with Crippen LogP contribution in [0.15, 0.2) is 22.7 Å². The Morgan fingerprint density at radius 2 is 2.35 bits per heavy atom. The third kappa shape index (κ3) is 3.94. The number of hydrogen-bond acceptors (Lipinski definition) is 4. The van der Waals surface area contributed by atoms with Gasteiger partial charge in [0.1, 0.15) is 5.76 Å². The van der Waals surface area contributed by atoms with Crippen LogP contribution in [0.25, 0.3) is 0 Å². The van der Waals surface area contributed by atoms with Crippen LogP contribution < -0.4 is 5.32 Å². The van der Waals surface area contributed by atoms with Crippen LogP contribution in [0, 0.1) is 12.8 Å². The molecule has 1 aromatic rings. The molecule has 108 valence electrons. The van der Waals surface area contributed by atoms with Crippen molar-refractivity contribution < 1.29 is 14.1 Å². The zero-order valence-corrected chi connectivity index (χ0v) is 11.8. The maximum Gasteiger partial charge on any atom is 0.245 e. The number of nitrogens with one attached hydrogen (secondary N) is 1. The van der Waals surface area contributed by atoms with Gasteiger partial charge in [0.15, 0.2) is 5.82 Å². The van der Waals surface area contributed by atoms with E-state index in [4.69, 9.17) is 4.52 Å². The summed E-state index contributed by atoms with van der Waals surface area (Å²) >= 11 is 0. The van der Waals surface area contributed by atoms with Crippen molar-refractivity contribution in [1.82, 2.24) is 10.1 Å². The van der Waals surface area contributed by atoms with E-state index in [2.05, 4.69) is 22.6 Å². The van der Waals surface area contributed by atoms with E-state index < -0.39 is 0 Å². The highest BCUT2D eigenvalue weighted by Crippen LogP contribution is 2.20. The summed E-state index contributed by atoms with van der Waals surface area (Å²) in [4.78, 5) is 25.2. The first-order valence-corrected chi connectivity index (χ1v) is 6.68. The van der Waals surface area contributed by atoms with Gasteiger partial charge < -0.3 is 14.7 Å². The number of aromatic nitrogens is 1. The predicted octanol–water partition coefficient (Wildman–Crippen LogP) is 1.74. The monoisotopic (exact) mass is 277 g/mol. The Morgan fingerprint density at radius 3 is 2.95 bits per heavy atom. The zero-order valence-electron chi connectivity index (χ0n) is 11.8. The van der Waals surface area contributed by atoms with Gasteiger partial charge in [0.25, 0.3) is 0 Å². The average molecular weight is 277 g/mol. The summed E-state index contributed by atoms with van der Waals surface area (Å²) in [6.45, 7) is 1.76. The van der Waals surface area contributed by atoms with Crippen molar-refractivity contribution in [2.24, 2.45) is 5.92 Å². The van der Waals surface area contributed by atoms with Gasteiger partial charge in [-0.25, -0.2) is 0 Å². The molecule has 1 heterocycles. The number of allylic oxidation sites excluding steroid dienone is 2. The van der Waals surface area contributed by atoms with Gasteiger partial charge in [-0.1, -0.05) is 17.3 Å². The van der Waals surface area contributed by atoms with Gasteiger partial charge in [-0.15, -0.1) is 0 Å². The maximum absolute atomic E-state index is 12.0. The number of nitrogens with zero attached hydrogens (tertiary/aromatic N) is 2. The minimum atomic E-state index is -0.281. The standard InChI is InChI=1S/C14H19N3O3/c1-10-7-12(16-20-10)15-13(18)9-17(2)14(19)8-11-5-3-4-6-11/h3,5,7,11H,4,6,8-9H2,1-2H3,(H,15,16,18). The van der Waals surface area contributed by atoms with E-state index >= 15 is 0 Å². The number of carbonyl (C=O) groups excluding carboxylic acids is 2. The van der Waals surface area contributed by atoms with Gasteiger partial charge in [-0.05, 0) is 25.7 Å². The minimum absolute atomic E-state index is 0.0151. The predicted molar refractivity (Wildman–Crippen MR) is 74.0 cm³/mol. The van der Waals surface area contributed by atoms with Gasteiger partial charge in [-0.3, -0.25) is 9.59 Å². The molecule has 0 spiro atoms. The van der Waals surface area contributed by atoms with E-state index in [0.717, 1.165) is 12.8 Å². The number of amides is 2. The van der Waals surface area contributed by atoms with E-state index in [1.807, 2.05) is 0 Å². The van der Waals surface area contributed by atoms with Crippen molar-refractivity contribution in [1.29, 1.82) is 0 Å². The smallest absolute Gasteiger partial charge is 0.245 e. The fourth-order valence-corrected chi connectivity index (χ4v) is 2.16. The van der Waals surface area contributed by atoms with E-state index in [1.165, 1.54) is 4.90 Å². The van der Waals surface area contributed by atoms with E-state index in [9.17, 15) is 9.59 Å². The highest BCUT2D eigenvalue weighted by atomic mass is 16.5. The molecule has 2 amide bonds. The largest absolute Gasteiger partial charge is 0.360 e. The van der Waals surface area contributed by atoms with Crippen LogP contribution in [0.1, 0.15) is 25.0 Å². The number of carbonyl (C=O) groups is 2. The van der Waals surface area contributed by atoms with Gasteiger partial charge in [-0.2, -0.15) is 0 Å².